The molecule has 2 aromatic rings. The molecule has 0 radical (unpaired) electrons. The van der Waals surface area contributed by atoms with Crippen molar-refractivity contribution < 1.29 is 28.3 Å². The van der Waals surface area contributed by atoms with Crippen LogP contribution in [-0.4, -0.2) is 28.3 Å². The molecule has 0 bridgehead atoms. The molecule has 7 heteroatoms. The molecule has 0 aliphatic carbocycles. The first-order valence-corrected chi connectivity index (χ1v) is 5.89. The van der Waals surface area contributed by atoms with Gasteiger partial charge in [-0.25, -0.2) is 0 Å². The second-order valence-electron chi connectivity index (χ2n) is 3.48. The zero-order valence-electron chi connectivity index (χ0n) is 8.32. The van der Waals surface area contributed by atoms with Crippen LogP contribution in [0.15, 0.2) is 29.2 Å². The van der Waals surface area contributed by atoms with Crippen molar-refractivity contribution >= 4 is 20.9 Å². The highest BCUT2D eigenvalue weighted by Gasteiger charge is 2.18. The lowest BCUT2D eigenvalue weighted by Crippen LogP contribution is -1.99. The predicted octanol–water partition coefficient (Wildman–Crippen LogP) is 1.20. The average Bonchev–Trinajstić information content (AvgIpc) is 2.16. The van der Waals surface area contributed by atoms with Gasteiger partial charge in [-0.05, 0) is 12.1 Å². The molecule has 90 valence electrons. The number of hydrogen-bond donors (Lipinski definition) is 4. The summed E-state index contributed by atoms with van der Waals surface area (Å²) in [5.74, 6) is -1.18. The Kier molecular flexibility index (Phi) is 2.37. The molecule has 2 aromatic carbocycles. The fourth-order valence-electron chi connectivity index (χ4n) is 1.59. The summed E-state index contributed by atoms with van der Waals surface area (Å²) in [4.78, 5) is -0.585. The van der Waals surface area contributed by atoms with Gasteiger partial charge in [0.15, 0.2) is 0 Å². The highest BCUT2D eigenvalue weighted by Crippen LogP contribution is 2.36. The van der Waals surface area contributed by atoms with E-state index in [4.69, 9.17) is 4.55 Å². The third-order valence-corrected chi connectivity index (χ3v) is 3.15. The summed E-state index contributed by atoms with van der Waals surface area (Å²) in [6.45, 7) is 0. The molecule has 0 heterocycles. The molecule has 2 rings (SSSR count). The van der Waals surface area contributed by atoms with E-state index in [1.807, 2.05) is 0 Å². The lowest BCUT2D eigenvalue weighted by molar-refractivity contribution is 0.452. The Morgan fingerprint density at radius 1 is 0.824 bits per heavy atom. The van der Waals surface area contributed by atoms with Crippen molar-refractivity contribution in [3.8, 4) is 17.2 Å². The molecule has 0 aliphatic rings. The van der Waals surface area contributed by atoms with Crippen LogP contribution in [-0.2, 0) is 10.1 Å². The summed E-state index contributed by atoms with van der Waals surface area (Å²) in [7, 11) is -4.57. The quantitative estimate of drug-likeness (QED) is 0.570. The van der Waals surface area contributed by atoms with Gasteiger partial charge >= 0.3 is 0 Å². The summed E-state index contributed by atoms with van der Waals surface area (Å²) in [6.07, 6.45) is 0. The number of aromatic hydroxyl groups is 3. The number of phenolic OH excluding ortho intramolecular Hbond substituents is 3. The van der Waals surface area contributed by atoms with Crippen molar-refractivity contribution in [2.24, 2.45) is 0 Å². The zero-order chi connectivity index (χ0) is 12.8. The van der Waals surface area contributed by atoms with E-state index in [9.17, 15) is 23.7 Å². The van der Waals surface area contributed by atoms with Gasteiger partial charge in [0.2, 0.25) is 0 Å². The van der Waals surface area contributed by atoms with Gasteiger partial charge in [0.05, 0.1) is 0 Å². The molecule has 0 amide bonds. The first-order chi connectivity index (χ1) is 7.79. The number of phenols is 3. The van der Waals surface area contributed by atoms with Crippen molar-refractivity contribution in [3.63, 3.8) is 0 Å². The first-order valence-electron chi connectivity index (χ1n) is 4.45. The molecule has 0 atom stereocenters. The number of benzene rings is 2. The molecular weight excluding hydrogens is 248 g/mol. The molecule has 0 aliphatic heterocycles. The van der Waals surface area contributed by atoms with Crippen molar-refractivity contribution in [2.75, 3.05) is 0 Å². The summed E-state index contributed by atoms with van der Waals surface area (Å²) in [6, 6.07) is 4.02. The fraction of sp³-hybridized carbons (Fsp3) is 0. The van der Waals surface area contributed by atoms with Crippen LogP contribution >= 0.6 is 0 Å². The Hall–Kier alpha value is -1.99. The first kappa shape index (κ1) is 11.5. The molecule has 4 N–H and O–H groups in total. The van der Waals surface area contributed by atoms with E-state index in [0.717, 1.165) is 24.3 Å². The van der Waals surface area contributed by atoms with Crippen molar-refractivity contribution in [1.82, 2.24) is 0 Å². The maximum atomic E-state index is 11.1. The van der Waals surface area contributed by atoms with Crippen molar-refractivity contribution in [2.45, 2.75) is 4.90 Å². The van der Waals surface area contributed by atoms with Crippen LogP contribution in [0.4, 0.5) is 0 Å². The van der Waals surface area contributed by atoms with E-state index in [0.29, 0.717) is 0 Å². The normalized spacial score (nSPS) is 11.8. The molecule has 0 unspecified atom stereocenters. The van der Waals surface area contributed by atoms with Crippen LogP contribution in [0.25, 0.3) is 10.8 Å². The smallest absolute Gasteiger partial charge is 0.295 e. The van der Waals surface area contributed by atoms with Gasteiger partial charge in [0.25, 0.3) is 10.1 Å². The maximum Gasteiger partial charge on any atom is 0.295 e. The van der Waals surface area contributed by atoms with Gasteiger partial charge in [0.1, 0.15) is 22.1 Å². The van der Waals surface area contributed by atoms with E-state index < -0.39 is 26.5 Å². The zero-order valence-corrected chi connectivity index (χ0v) is 9.14. The van der Waals surface area contributed by atoms with Crippen LogP contribution in [0.2, 0.25) is 0 Å². The predicted molar refractivity (Wildman–Crippen MR) is 58.8 cm³/mol. The largest absolute Gasteiger partial charge is 0.508 e. The summed E-state index contributed by atoms with van der Waals surface area (Å²) in [5.41, 5.74) is 0. The Morgan fingerprint density at radius 2 is 1.35 bits per heavy atom. The van der Waals surface area contributed by atoms with Gasteiger partial charge in [-0.1, -0.05) is 0 Å². The monoisotopic (exact) mass is 256 g/mol. The summed E-state index contributed by atoms with van der Waals surface area (Å²) < 4.78 is 31.2. The molecular formula is C10H8O6S. The van der Waals surface area contributed by atoms with E-state index in [2.05, 4.69) is 0 Å². The SMILES string of the molecule is O=S(=O)(O)c1cc(O)cc2c(O)cc(O)cc12. The van der Waals surface area contributed by atoms with E-state index in [1.54, 1.807) is 0 Å². The minimum atomic E-state index is -4.57. The van der Waals surface area contributed by atoms with Crippen LogP contribution in [0.3, 0.4) is 0 Å². The Morgan fingerprint density at radius 3 is 1.94 bits per heavy atom. The minimum Gasteiger partial charge on any atom is -0.508 e. The summed E-state index contributed by atoms with van der Waals surface area (Å²) in [5, 5.41) is 28.0. The highest BCUT2D eigenvalue weighted by atomic mass is 32.2. The third kappa shape index (κ3) is 1.97. The molecule has 6 nitrogen and oxygen atoms in total. The summed E-state index contributed by atoms with van der Waals surface area (Å²) >= 11 is 0. The second-order valence-corrected chi connectivity index (χ2v) is 4.87. The highest BCUT2D eigenvalue weighted by molar-refractivity contribution is 7.86. The number of fused-ring (bicyclic) bond motifs is 1. The number of hydrogen-bond acceptors (Lipinski definition) is 5. The van der Waals surface area contributed by atoms with Crippen LogP contribution in [0.1, 0.15) is 0 Å². The van der Waals surface area contributed by atoms with Crippen LogP contribution in [0.5, 0.6) is 17.2 Å². The van der Waals surface area contributed by atoms with Crippen LogP contribution < -0.4 is 0 Å². The number of rotatable bonds is 1. The Balaban J connectivity index is 3.03. The fourth-order valence-corrected chi connectivity index (χ4v) is 2.31. The van der Waals surface area contributed by atoms with Gasteiger partial charge in [-0.2, -0.15) is 8.42 Å². The van der Waals surface area contributed by atoms with Crippen molar-refractivity contribution in [3.05, 3.63) is 24.3 Å². The van der Waals surface area contributed by atoms with Crippen LogP contribution in [0, 0.1) is 0 Å². The minimum absolute atomic E-state index is 0.00965. The van der Waals surface area contributed by atoms with E-state index in [-0.39, 0.29) is 16.5 Å². The van der Waals surface area contributed by atoms with E-state index >= 15 is 0 Å². The van der Waals surface area contributed by atoms with Gasteiger partial charge < -0.3 is 15.3 Å². The lowest BCUT2D eigenvalue weighted by atomic mass is 10.1. The molecule has 0 aromatic heterocycles. The topological polar surface area (TPSA) is 115 Å². The van der Waals surface area contributed by atoms with Gasteiger partial charge in [-0.3, -0.25) is 4.55 Å². The average molecular weight is 256 g/mol. The standard InChI is InChI=1S/C10H8O6S/c11-5-2-8-7(9(13)3-5)1-6(12)4-10(8)17(14,15)16/h1-4,11-13H,(H,14,15,16). The molecule has 0 saturated carbocycles. The molecule has 0 saturated heterocycles. The van der Waals surface area contributed by atoms with Gasteiger partial charge in [-0.15, -0.1) is 0 Å². The third-order valence-electron chi connectivity index (χ3n) is 2.26. The molecule has 0 fully saturated rings. The Bertz CT molecular complexity index is 704. The Labute approximate surface area is 96.1 Å². The van der Waals surface area contributed by atoms with E-state index in [1.165, 1.54) is 0 Å². The molecule has 0 spiro atoms. The lowest BCUT2D eigenvalue weighted by Gasteiger charge is -2.07. The van der Waals surface area contributed by atoms with Crippen molar-refractivity contribution in [1.29, 1.82) is 0 Å². The van der Waals surface area contributed by atoms with Gasteiger partial charge in [0, 0.05) is 22.9 Å². The maximum absolute atomic E-state index is 11.1. The molecule has 17 heavy (non-hydrogen) atoms. The second kappa shape index (κ2) is 3.51.